The summed E-state index contributed by atoms with van der Waals surface area (Å²) >= 11 is 6.13. The number of rotatable bonds is 5. The number of halogens is 1. The van der Waals surface area contributed by atoms with E-state index in [1.807, 2.05) is 24.3 Å². The van der Waals surface area contributed by atoms with Crippen LogP contribution in [0.2, 0.25) is 5.02 Å². The molecule has 0 fully saturated rings. The number of fused-ring (bicyclic) bond motifs is 1. The van der Waals surface area contributed by atoms with Crippen LogP contribution in [0.4, 0.5) is 5.82 Å². The number of nitrogens with one attached hydrogen (secondary N) is 1. The first-order valence-corrected chi connectivity index (χ1v) is 9.37. The number of ether oxygens (including phenoxy) is 3. The van der Waals surface area contributed by atoms with Gasteiger partial charge in [-0.05, 0) is 35.9 Å². The van der Waals surface area contributed by atoms with Crippen LogP contribution in [0.15, 0.2) is 42.6 Å². The van der Waals surface area contributed by atoms with Gasteiger partial charge in [0.2, 0.25) is 11.7 Å². The molecule has 0 radical (unpaired) electrons. The highest BCUT2D eigenvalue weighted by Crippen LogP contribution is 2.44. The third kappa shape index (κ3) is 3.38. The third-order valence-corrected chi connectivity index (χ3v) is 5.20. The lowest BCUT2D eigenvalue weighted by Gasteiger charge is -2.25. The van der Waals surface area contributed by atoms with Crippen LogP contribution < -0.4 is 19.5 Å². The number of hydrogen-bond donors (Lipinski definition) is 1. The molecule has 0 spiro atoms. The van der Waals surface area contributed by atoms with E-state index in [0.29, 0.717) is 28.1 Å². The van der Waals surface area contributed by atoms with Gasteiger partial charge in [-0.15, -0.1) is 0 Å². The van der Waals surface area contributed by atoms with Gasteiger partial charge in [-0.1, -0.05) is 17.7 Å². The van der Waals surface area contributed by atoms with Crippen LogP contribution >= 0.6 is 11.6 Å². The molecule has 8 heteroatoms. The van der Waals surface area contributed by atoms with Gasteiger partial charge in [0, 0.05) is 22.9 Å². The minimum Gasteiger partial charge on any atom is -0.493 e. The van der Waals surface area contributed by atoms with Crippen molar-refractivity contribution in [3.05, 3.63) is 58.7 Å². The summed E-state index contributed by atoms with van der Waals surface area (Å²) in [6, 6.07) is 11.0. The zero-order valence-electron chi connectivity index (χ0n) is 16.2. The predicted octanol–water partition coefficient (Wildman–Crippen LogP) is 4.03. The van der Waals surface area contributed by atoms with Gasteiger partial charge >= 0.3 is 0 Å². The Hall–Kier alpha value is -3.19. The monoisotopic (exact) mass is 413 g/mol. The molecule has 29 heavy (non-hydrogen) atoms. The molecule has 0 aliphatic carbocycles. The van der Waals surface area contributed by atoms with E-state index in [1.54, 1.807) is 44.3 Å². The largest absolute Gasteiger partial charge is 0.493 e. The predicted molar refractivity (Wildman–Crippen MR) is 110 cm³/mol. The van der Waals surface area contributed by atoms with E-state index in [1.165, 1.54) is 0 Å². The van der Waals surface area contributed by atoms with Crippen LogP contribution in [0.1, 0.15) is 23.5 Å². The Morgan fingerprint density at radius 2 is 1.83 bits per heavy atom. The smallest absolute Gasteiger partial charge is 0.226 e. The van der Waals surface area contributed by atoms with Gasteiger partial charge in [0.1, 0.15) is 5.82 Å². The second kappa shape index (κ2) is 7.67. The Morgan fingerprint density at radius 3 is 2.45 bits per heavy atom. The molecule has 0 saturated heterocycles. The summed E-state index contributed by atoms with van der Waals surface area (Å²) in [6.45, 7) is 0. The number of carbonyl (C=O) groups is 1. The zero-order valence-corrected chi connectivity index (χ0v) is 17.0. The Kier molecular flexibility index (Phi) is 5.07. The van der Waals surface area contributed by atoms with Crippen LogP contribution in [0.5, 0.6) is 17.2 Å². The third-order valence-electron chi connectivity index (χ3n) is 4.96. The van der Waals surface area contributed by atoms with Crippen LogP contribution in [0, 0.1) is 0 Å². The lowest BCUT2D eigenvalue weighted by atomic mass is 9.87. The molecule has 1 aliphatic heterocycles. The lowest BCUT2D eigenvalue weighted by molar-refractivity contribution is -0.116. The van der Waals surface area contributed by atoms with Gasteiger partial charge in [0.05, 0.1) is 33.2 Å². The van der Waals surface area contributed by atoms with Crippen LogP contribution in [-0.4, -0.2) is 37.0 Å². The van der Waals surface area contributed by atoms with Gasteiger partial charge in [-0.3, -0.25) is 4.79 Å². The number of benzene rings is 2. The van der Waals surface area contributed by atoms with E-state index in [-0.39, 0.29) is 18.2 Å². The fraction of sp³-hybridized carbons (Fsp3) is 0.238. The van der Waals surface area contributed by atoms with Crippen LogP contribution in [0.25, 0.3) is 5.69 Å². The highest BCUT2D eigenvalue weighted by Gasteiger charge is 2.31. The highest BCUT2D eigenvalue weighted by molar-refractivity contribution is 6.30. The molecule has 1 amide bonds. The van der Waals surface area contributed by atoms with Crippen molar-refractivity contribution in [1.82, 2.24) is 9.78 Å². The van der Waals surface area contributed by atoms with Gasteiger partial charge in [-0.25, -0.2) is 4.68 Å². The molecule has 0 saturated carbocycles. The first kappa shape index (κ1) is 19.1. The maximum atomic E-state index is 12.5. The summed E-state index contributed by atoms with van der Waals surface area (Å²) in [5, 5.41) is 8.02. The Labute approximate surface area is 173 Å². The first-order valence-electron chi connectivity index (χ1n) is 8.99. The summed E-state index contributed by atoms with van der Waals surface area (Å²) in [6.07, 6.45) is 2.05. The molecule has 2 aromatic carbocycles. The van der Waals surface area contributed by atoms with Crippen LogP contribution in [0.3, 0.4) is 0 Å². The van der Waals surface area contributed by atoms with Crippen molar-refractivity contribution in [1.29, 1.82) is 0 Å². The van der Waals surface area contributed by atoms with E-state index in [0.717, 1.165) is 16.8 Å². The fourth-order valence-electron chi connectivity index (χ4n) is 3.62. The topological polar surface area (TPSA) is 74.6 Å². The molecule has 0 unspecified atom stereocenters. The van der Waals surface area contributed by atoms with Gasteiger partial charge in [-0.2, -0.15) is 5.10 Å². The molecule has 3 aromatic rings. The summed E-state index contributed by atoms with van der Waals surface area (Å²) in [5.74, 6) is 1.91. The Bertz CT molecular complexity index is 1050. The Morgan fingerprint density at radius 1 is 1.10 bits per heavy atom. The summed E-state index contributed by atoms with van der Waals surface area (Å²) < 4.78 is 18.0. The van der Waals surface area contributed by atoms with E-state index < -0.39 is 0 Å². The van der Waals surface area contributed by atoms with Gasteiger partial charge in [0.15, 0.2) is 11.5 Å². The van der Waals surface area contributed by atoms with Gasteiger partial charge < -0.3 is 19.5 Å². The van der Waals surface area contributed by atoms with Crippen molar-refractivity contribution in [2.45, 2.75) is 12.3 Å². The first-order chi connectivity index (χ1) is 14.0. The van der Waals surface area contributed by atoms with Crippen molar-refractivity contribution in [3.8, 4) is 22.9 Å². The normalized spacial score (nSPS) is 15.4. The molecule has 4 rings (SSSR count). The number of methoxy groups -OCH3 is 3. The molecule has 150 valence electrons. The van der Waals surface area contributed by atoms with Crippen molar-refractivity contribution < 1.29 is 19.0 Å². The molecule has 7 nitrogen and oxygen atoms in total. The maximum Gasteiger partial charge on any atom is 0.226 e. The summed E-state index contributed by atoms with van der Waals surface area (Å²) in [5.41, 5.74) is 2.55. The number of nitrogens with zero attached hydrogens (tertiary/aromatic N) is 2. The van der Waals surface area contributed by atoms with Crippen molar-refractivity contribution in [2.24, 2.45) is 0 Å². The zero-order chi connectivity index (χ0) is 20.5. The lowest BCUT2D eigenvalue weighted by Crippen LogP contribution is -2.24. The molecule has 2 heterocycles. The van der Waals surface area contributed by atoms with E-state index in [2.05, 4.69) is 10.4 Å². The molecular formula is C21H20ClN3O4. The quantitative estimate of drug-likeness (QED) is 0.683. The Balaban J connectivity index is 1.84. The van der Waals surface area contributed by atoms with Crippen molar-refractivity contribution in [3.63, 3.8) is 0 Å². The van der Waals surface area contributed by atoms with E-state index >= 15 is 0 Å². The molecule has 1 N–H and O–H groups in total. The number of aromatic nitrogens is 2. The summed E-state index contributed by atoms with van der Waals surface area (Å²) in [7, 11) is 4.69. The molecular weight excluding hydrogens is 394 g/mol. The van der Waals surface area contributed by atoms with Crippen molar-refractivity contribution >= 4 is 23.3 Å². The fourth-order valence-corrected chi connectivity index (χ4v) is 3.81. The highest BCUT2D eigenvalue weighted by atomic mass is 35.5. The van der Waals surface area contributed by atoms with Gasteiger partial charge in [0.25, 0.3) is 0 Å². The minimum atomic E-state index is -0.208. The van der Waals surface area contributed by atoms with E-state index in [4.69, 9.17) is 25.8 Å². The number of anilines is 1. The molecule has 1 aromatic heterocycles. The average Bonchev–Trinajstić information content (AvgIpc) is 3.15. The second-order valence-corrected chi connectivity index (χ2v) is 7.04. The molecule has 1 atom stereocenters. The number of amides is 1. The number of hydrogen-bond acceptors (Lipinski definition) is 5. The number of carbonyl (C=O) groups excluding carboxylic acids is 1. The standard InChI is InChI=1S/C21H20ClN3O4/c1-27-17-7-12(8-18(28-2)20(17)29-3)15-10-19(26)24-21-16(15)11-23-25(21)14-6-4-5-13(22)9-14/h4-9,11,15H,10H2,1-3H3,(H,24,26)/t15-/m0/s1. The maximum absolute atomic E-state index is 12.5. The second-order valence-electron chi connectivity index (χ2n) is 6.60. The molecule has 1 aliphatic rings. The molecule has 0 bridgehead atoms. The van der Waals surface area contributed by atoms with Crippen molar-refractivity contribution in [2.75, 3.05) is 26.6 Å². The SMILES string of the molecule is COc1cc([C@@H]2CC(=O)Nc3c2cnn3-c2cccc(Cl)c2)cc(OC)c1OC. The summed E-state index contributed by atoms with van der Waals surface area (Å²) in [4.78, 5) is 12.5. The van der Waals surface area contributed by atoms with E-state index in [9.17, 15) is 4.79 Å². The van der Waals surface area contributed by atoms with Crippen LogP contribution in [-0.2, 0) is 4.79 Å². The minimum absolute atomic E-state index is 0.0972. The average molecular weight is 414 g/mol.